The van der Waals surface area contributed by atoms with Crippen LogP contribution in [-0.4, -0.2) is 77.8 Å². The molecule has 1 N–H and O–H groups in total. The number of para-hydroxylation sites is 1. The zero-order valence-corrected chi connectivity index (χ0v) is 19.3. The van der Waals surface area contributed by atoms with Gasteiger partial charge in [-0.1, -0.05) is 36.4 Å². The van der Waals surface area contributed by atoms with Crippen molar-refractivity contribution >= 4 is 27.0 Å². The third-order valence-electron chi connectivity index (χ3n) is 5.91. The van der Waals surface area contributed by atoms with Crippen LogP contribution in [0.4, 0.5) is 0 Å². The Bertz CT molecular complexity index is 1340. The number of carbonyl (C=O) groups is 1. The average molecular weight is 471 g/mol. The number of carboxylic acids is 1. The summed E-state index contributed by atoms with van der Waals surface area (Å²) in [5.41, 5.74) is 0.754. The monoisotopic (exact) mass is 470 g/mol. The Labute approximate surface area is 192 Å². The molecule has 2 heterocycles. The van der Waals surface area contributed by atoms with Gasteiger partial charge in [0.1, 0.15) is 0 Å². The van der Waals surface area contributed by atoms with Crippen molar-refractivity contribution in [3.05, 3.63) is 76.2 Å². The zero-order chi connectivity index (χ0) is 23.8. The molecule has 3 aromatic rings. The first-order valence-corrected chi connectivity index (χ1v) is 12.0. The van der Waals surface area contributed by atoms with Gasteiger partial charge in [0.2, 0.25) is 0 Å². The molecule has 1 aliphatic rings. The lowest BCUT2D eigenvalue weighted by atomic mass is 10.0. The van der Waals surface area contributed by atoms with Crippen LogP contribution in [0.1, 0.15) is 16.1 Å². The molecule has 0 radical (unpaired) electrons. The number of hydrogen-bond donors (Lipinski definition) is 1. The first-order chi connectivity index (χ1) is 15.7. The van der Waals surface area contributed by atoms with E-state index in [4.69, 9.17) is 0 Å². The molecule has 0 bridgehead atoms. The van der Waals surface area contributed by atoms with Gasteiger partial charge in [0.25, 0.3) is 15.8 Å². The van der Waals surface area contributed by atoms with Gasteiger partial charge < -0.3 is 5.11 Å². The summed E-state index contributed by atoms with van der Waals surface area (Å²) in [4.78, 5) is 27.9. The molecular weight excluding hydrogens is 444 g/mol. The molecule has 0 spiro atoms. The highest BCUT2D eigenvalue weighted by atomic mass is 32.2. The van der Waals surface area contributed by atoms with E-state index in [0.29, 0.717) is 35.2 Å². The number of rotatable bonds is 6. The molecule has 1 saturated heterocycles. The summed E-state index contributed by atoms with van der Waals surface area (Å²) in [6.07, 6.45) is 0. The quantitative estimate of drug-likeness (QED) is 0.587. The minimum atomic E-state index is -3.51. The van der Waals surface area contributed by atoms with E-state index in [9.17, 15) is 23.1 Å². The lowest BCUT2D eigenvalue weighted by Gasteiger charge is -2.35. The van der Waals surface area contributed by atoms with E-state index in [1.807, 2.05) is 11.0 Å². The first-order valence-electron chi connectivity index (χ1n) is 10.6. The molecule has 1 fully saturated rings. The second-order valence-electron chi connectivity index (χ2n) is 8.11. The number of nitrogens with zero attached hydrogens (tertiary/aromatic N) is 4. The summed E-state index contributed by atoms with van der Waals surface area (Å²) in [6, 6.07) is 15.7. The van der Waals surface area contributed by atoms with Crippen molar-refractivity contribution in [2.45, 2.75) is 6.54 Å². The van der Waals surface area contributed by atoms with Gasteiger partial charge >= 0.3 is 5.97 Å². The topological polar surface area (TPSA) is 103 Å². The summed E-state index contributed by atoms with van der Waals surface area (Å²) >= 11 is 0. The number of fused-ring (bicyclic) bond motifs is 1. The van der Waals surface area contributed by atoms with Gasteiger partial charge in [-0.3, -0.25) is 14.3 Å². The maximum absolute atomic E-state index is 13.5. The van der Waals surface area contributed by atoms with Crippen molar-refractivity contribution in [1.29, 1.82) is 0 Å². The molecule has 0 saturated carbocycles. The number of benzene rings is 2. The minimum absolute atomic E-state index is 0.0809. The molecule has 174 valence electrons. The van der Waals surface area contributed by atoms with Crippen LogP contribution < -0.4 is 5.56 Å². The fourth-order valence-electron chi connectivity index (χ4n) is 4.20. The maximum atomic E-state index is 13.5. The number of hydrogen-bond acceptors (Lipinski definition) is 5. The van der Waals surface area contributed by atoms with Crippen LogP contribution in [0.3, 0.4) is 0 Å². The molecule has 0 aliphatic carbocycles. The largest absolute Gasteiger partial charge is 0.478 e. The Morgan fingerprint density at radius 1 is 0.939 bits per heavy atom. The predicted molar refractivity (Wildman–Crippen MR) is 126 cm³/mol. The Morgan fingerprint density at radius 2 is 1.52 bits per heavy atom. The van der Waals surface area contributed by atoms with Crippen molar-refractivity contribution in [3.63, 3.8) is 0 Å². The van der Waals surface area contributed by atoms with Crippen molar-refractivity contribution in [1.82, 2.24) is 18.1 Å². The fourth-order valence-corrected chi connectivity index (χ4v) is 5.28. The van der Waals surface area contributed by atoms with Crippen molar-refractivity contribution < 1.29 is 18.3 Å². The Morgan fingerprint density at radius 3 is 2.09 bits per heavy atom. The number of aromatic carboxylic acids is 1. The zero-order valence-electron chi connectivity index (χ0n) is 18.5. The van der Waals surface area contributed by atoms with E-state index in [2.05, 4.69) is 0 Å². The molecule has 33 heavy (non-hydrogen) atoms. The van der Waals surface area contributed by atoms with E-state index in [1.54, 1.807) is 48.5 Å². The van der Waals surface area contributed by atoms with Crippen LogP contribution in [0.5, 0.6) is 0 Å². The van der Waals surface area contributed by atoms with Crippen LogP contribution in [0.2, 0.25) is 0 Å². The molecule has 2 aromatic carbocycles. The predicted octanol–water partition coefficient (Wildman–Crippen LogP) is 1.61. The molecular formula is C23H26N4O5S. The lowest BCUT2D eigenvalue weighted by Crippen LogP contribution is -2.51. The maximum Gasteiger partial charge on any atom is 0.338 e. The highest BCUT2D eigenvalue weighted by Gasteiger charge is 2.30. The molecule has 10 heteroatoms. The van der Waals surface area contributed by atoms with Gasteiger partial charge in [-0.2, -0.15) is 17.0 Å². The van der Waals surface area contributed by atoms with E-state index >= 15 is 0 Å². The number of aromatic nitrogens is 1. The van der Waals surface area contributed by atoms with Crippen LogP contribution in [-0.2, 0) is 16.8 Å². The number of carboxylic acid groups (broad SMARTS) is 1. The van der Waals surface area contributed by atoms with Crippen molar-refractivity contribution in [2.24, 2.45) is 0 Å². The lowest BCUT2D eigenvalue weighted by molar-refractivity contribution is 0.0695. The van der Waals surface area contributed by atoms with Gasteiger partial charge in [0, 0.05) is 63.3 Å². The molecule has 4 rings (SSSR count). The highest BCUT2D eigenvalue weighted by molar-refractivity contribution is 7.86. The van der Waals surface area contributed by atoms with Gasteiger partial charge in [0.05, 0.1) is 11.3 Å². The number of piperazine rings is 1. The highest BCUT2D eigenvalue weighted by Crippen LogP contribution is 2.24. The van der Waals surface area contributed by atoms with E-state index in [0.717, 1.165) is 0 Å². The van der Waals surface area contributed by atoms with Crippen LogP contribution in [0, 0.1) is 0 Å². The second kappa shape index (κ2) is 9.06. The van der Waals surface area contributed by atoms with Gasteiger partial charge in [-0.05, 0) is 18.2 Å². The van der Waals surface area contributed by atoms with Crippen molar-refractivity contribution in [2.75, 3.05) is 40.3 Å². The number of pyridine rings is 1. The van der Waals surface area contributed by atoms with E-state index in [-0.39, 0.29) is 30.8 Å². The fraction of sp³-hybridized carbons (Fsp3) is 0.304. The summed E-state index contributed by atoms with van der Waals surface area (Å²) in [6.45, 7) is 1.61. The standard InChI is InChI=1S/C23H26N4O5S/c1-24(2)33(31,32)26-14-12-25(13-15-26)16-20-21(23(29)30)18-10-6-7-11-19(18)22(28)27(20)17-8-4-3-5-9-17/h3-11H,12-16H2,1-2H3,(H,29,30). The second-order valence-corrected chi connectivity index (χ2v) is 10.3. The normalized spacial score (nSPS) is 15.8. The summed E-state index contributed by atoms with van der Waals surface area (Å²) in [5.74, 6) is -1.11. The SMILES string of the molecule is CN(C)S(=O)(=O)N1CCN(Cc2c(C(=O)O)c3ccccc3c(=O)n2-c2ccccc2)CC1. The minimum Gasteiger partial charge on any atom is -0.478 e. The summed E-state index contributed by atoms with van der Waals surface area (Å²) < 4.78 is 28.9. The van der Waals surface area contributed by atoms with Crippen LogP contribution in [0.25, 0.3) is 16.5 Å². The van der Waals surface area contributed by atoms with Gasteiger partial charge in [-0.25, -0.2) is 4.79 Å². The summed E-state index contributed by atoms with van der Waals surface area (Å²) in [5, 5.41) is 10.9. The van der Waals surface area contributed by atoms with Gasteiger partial charge in [-0.15, -0.1) is 0 Å². The third-order valence-corrected chi connectivity index (χ3v) is 7.85. The van der Waals surface area contributed by atoms with Crippen molar-refractivity contribution in [3.8, 4) is 5.69 Å². The average Bonchev–Trinajstić information content (AvgIpc) is 2.80. The molecule has 1 aromatic heterocycles. The molecule has 9 nitrogen and oxygen atoms in total. The van der Waals surface area contributed by atoms with Gasteiger partial charge in [0.15, 0.2) is 0 Å². The van der Waals surface area contributed by atoms with E-state index < -0.39 is 16.2 Å². The molecule has 0 atom stereocenters. The Balaban J connectivity index is 1.80. The molecule has 0 unspecified atom stereocenters. The summed E-state index contributed by atoms with van der Waals surface area (Å²) in [7, 11) is -0.525. The van der Waals surface area contributed by atoms with E-state index in [1.165, 1.54) is 27.3 Å². The molecule has 0 amide bonds. The first kappa shape index (κ1) is 23.1. The smallest absolute Gasteiger partial charge is 0.338 e. The molecule has 1 aliphatic heterocycles. The Kier molecular flexibility index (Phi) is 6.35. The van der Waals surface area contributed by atoms with Crippen LogP contribution in [0.15, 0.2) is 59.4 Å². The Hall–Kier alpha value is -3.05. The third kappa shape index (κ3) is 4.30. The van der Waals surface area contributed by atoms with Crippen LogP contribution >= 0.6 is 0 Å².